The molecule has 2 aromatic carbocycles. The number of hydrogen-bond donors (Lipinski definition) is 1. The van der Waals surface area contributed by atoms with Gasteiger partial charge in [0, 0.05) is 30.6 Å². The van der Waals surface area contributed by atoms with Crippen LogP contribution in [0.4, 0.5) is 8.78 Å². The Balaban J connectivity index is 1.35. The lowest BCUT2D eigenvalue weighted by Crippen LogP contribution is -2.50. The molecule has 2 atom stereocenters. The minimum absolute atomic E-state index is 0.0502. The smallest absolute Gasteiger partial charge is 0.387 e. The molecular weight excluding hydrogens is 590 g/mol. The second-order valence-corrected chi connectivity index (χ2v) is 14.3. The minimum atomic E-state index is -3.75. The van der Waals surface area contributed by atoms with Crippen LogP contribution in [0.2, 0.25) is 0 Å². The summed E-state index contributed by atoms with van der Waals surface area (Å²) in [5, 5.41) is 5.79. The van der Waals surface area contributed by atoms with Gasteiger partial charge in [-0.1, -0.05) is 44.2 Å². The Morgan fingerprint density at radius 2 is 1.84 bits per heavy atom. The lowest BCUT2D eigenvalue weighted by atomic mass is 9.78. The van der Waals surface area contributed by atoms with E-state index in [4.69, 9.17) is 20.3 Å². The summed E-state index contributed by atoms with van der Waals surface area (Å²) in [6.45, 7) is 5.89. The number of ether oxygens (including phenoxy) is 2. The molecule has 2 N–H and O–H groups in total. The normalized spacial score (nSPS) is 21.6. The van der Waals surface area contributed by atoms with Crippen molar-refractivity contribution in [1.82, 2.24) is 9.31 Å². The van der Waals surface area contributed by atoms with Crippen LogP contribution < -0.4 is 15.2 Å². The van der Waals surface area contributed by atoms with Gasteiger partial charge in [0.05, 0.1) is 18.4 Å². The zero-order valence-corrected chi connectivity index (χ0v) is 25.9. The summed E-state index contributed by atoms with van der Waals surface area (Å²) in [6, 6.07) is 11.2. The number of alkyl halides is 2. The number of sulfonamides is 1. The SMILES string of the molecule is C=CC(c1cccc(CN)c1)S(=O)(=O)N1CCC(N2N=C(c3ccc(OC(F)F)c(OCC4CC4)c3)C(C)(C)C2C=O)CC1. The quantitative estimate of drug-likeness (QED) is 0.248. The van der Waals surface area contributed by atoms with Gasteiger partial charge in [-0.3, -0.25) is 5.01 Å². The van der Waals surface area contributed by atoms with E-state index in [1.54, 1.807) is 35.3 Å². The number of piperidine rings is 1. The first-order chi connectivity index (χ1) is 21.0. The van der Waals surface area contributed by atoms with Gasteiger partial charge in [0.2, 0.25) is 10.0 Å². The van der Waals surface area contributed by atoms with Crippen molar-refractivity contribution in [2.24, 2.45) is 22.2 Å². The molecule has 0 radical (unpaired) electrons. The molecule has 1 saturated carbocycles. The highest BCUT2D eigenvalue weighted by Gasteiger charge is 2.48. The summed E-state index contributed by atoms with van der Waals surface area (Å²) in [5.41, 5.74) is 7.77. The Morgan fingerprint density at radius 1 is 1.11 bits per heavy atom. The molecule has 0 amide bonds. The summed E-state index contributed by atoms with van der Waals surface area (Å²) < 4.78 is 65.6. The maximum absolute atomic E-state index is 13.7. The van der Waals surface area contributed by atoms with Crippen molar-refractivity contribution in [1.29, 1.82) is 0 Å². The van der Waals surface area contributed by atoms with Gasteiger partial charge >= 0.3 is 6.61 Å². The Kier molecular flexibility index (Phi) is 9.43. The van der Waals surface area contributed by atoms with Gasteiger partial charge in [0.1, 0.15) is 17.6 Å². The highest BCUT2D eigenvalue weighted by molar-refractivity contribution is 7.89. The van der Waals surface area contributed by atoms with Crippen molar-refractivity contribution < 1.29 is 31.5 Å². The maximum Gasteiger partial charge on any atom is 0.387 e. The number of nitrogens with zero attached hydrogens (tertiary/aromatic N) is 3. The van der Waals surface area contributed by atoms with Crippen molar-refractivity contribution in [2.45, 2.75) is 70.0 Å². The van der Waals surface area contributed by atoms with Crippen LogP contribution in [0.25, 0.3) is 0 Å². The molecule has 1 aliphatic carbocycles. The standard InChI is InChI=1S/C32H40F2N4O5S/c1-4-28(23-7-5-6-22(16-23)18-35)44(40,41)37-14-12-25(13-15-37)38-29(19-39)32(2,3)30(36-38)24-10-11-26(43-31(33)34)27(17-24)42-20-21-8-9-21/h4-7,10-11,16-17,19,21,25,28-29,31H,1,8-9,12-15,18,20,35H2,2-3H3. The zero-order valence-electron chi connectivity index (χ0n) is 25.1. The molecule has 2 unspecified atom stereocenters. The monoisotopic (exact) mass is 630 g/mol. The zero-order chi connectivity index (χ0) is 31.6. The molecule has 0 aromatic heterocycles. The molecular formula is C32H40F2N4O5S. The van der Waals surface area contributed by atoms with Gasteiger partial charge in [-0.2, -0.15) is 13.9 Å². The third-order valence-electron chi connectivity index (χ3n) is 8.79. The van der Waals surface area contributed by atoms with E-state index in [1.165, 1.54) is 16.4 Å². The fourth-order valence-electron chi connectivity index (χ4n) is 6.05. The first-order valence-electron chi connectivity index (χ1n) is 14.9. The fourth-order valence-corrected chi connectivity index (χ4v) is 7.83. The van der Waals surface area contributed by atoms with Gasteiger partial charge in [0.25, 0.3) is 0 Å². The van der Waals surface area contributed by atoms with Crippen LogP contribution >= 0.6 is 0 Å². The molecule has 12 heteroatoms. The maximum atomic E-state index is 13.7. The number of nitrogens with two attached hydrogens (primary N) is 1. The average molecular weight is 631 g/mol. The Morgan fingerprint density at radius 3 is 2.45 bits per heavy atom. The van der Waals surface area contributed by atoms with Gasteiger partial charge in [-0.25, -0.2) is 12.7 Å². The Bertz CT molecular complexity index is 1500. The van der Waals surface area contributed by atoms with Crippen molar-refractivity contribution in [3.63, 3.8) is 0 Å². The van der Waals surface area contributed by atoms with E-state index < -0.39 is 33.3 Å². The van der Waals surface area contributed by atoms with Crippen LogP contribution in [-0.4, -0.2) is 68.1 Å². The summed E-state index contributed by atoms with van der Waals surface area (Å²) in [5.74, 6) is 0.563. The number of carbonyl (C=O) groups excluding carboxylic acids is 1. The molecule has 2 aromatic rings. The summed E-state index contributed by atoms with van der Waals surface area (Å²) in [4.78, 5) is 12.5. The van der Waals surface area contributed by atoms with Crippen LogP contribution in [0.5, 0.6) is 11.5 Å². The van der Waals surface area contributed by atoms with Crippen LogP contribution in [0.15, 0.2) is 60.2 Å². The largest absolute Gasteiger partial charge is 0.489 e. The average Bonchev–Trinajstić information content (AvgIpc) is 3.79. The molecule has 2 aliphatic heterocycles. The molecule has 2 heterocycles. The van der Waals surface area contributed by atoms with E-state index in [2.05, 4.69) is 6.58 Å². The third-order valence-corrected chi connectivity index (χ3v) is 11.0. The number of hydrogen-bond acceptors (Lipinski definition) is 8. The van der Waals surface area contributed by atoms with Crippen LogP contribution in [0.1, 0.15) is 61.5 Å². The first-order valence-corrected chi connectivity index (χ1v) is 16.4. The molecule has 44 heavy (non-hydrogen) atoms. The number of hydrazone groups is 1. The van der Waals surface area contributed by atoms with Crippen LogP contribution in [0, 0.1) is 11.3 Å². The highest BCUT2D eigenvalue weighted by atomic mass is 32.2. The van der Waals surface area contributed by atoms with Crippen molar-refractivity contribution >= 4 is 22.0 Å². The highest BCUT2D eigenvalue weighted by Crippen LogP contribution is 2.42. The topological polar surface area (TPSA) is 115 Å². The molecule has 5 rings (SSSR count). The second kappa shape index (κ2) is 12.9. The van der Waals surface area contributed by atoms with E-state index in [-0.39, 0.29) is 30.6 Å². The molecule has 238 valence electrons. The van der Waals surface area contributed by atoms with E-state index in [1.807, 2.05) is 19.9 Å². The Hall–Kier alpha value is -3.35. The van der Waals surface area contributed by atoms with E-state index in [9.17, 15) is 22.0 Å². The molecule has 0 spiro atoms. The lowest BCUT2D eigenvalue weighted by Gasteiger charge is -2.39. The predicted molar refractivity (Wildman–Crippen MR) is 164 cm³/mol. The van der Waals surface area contributed by atoms with Gasteiger partial charge in [0.15, 0.2) is 11.5 Å². The molecule has 3 aliphatic rings. The summed E-state index contributed by atoms with van der Waals surface area (Å²) in [6.07, 6.45) is 5.34. The fraction of sp³-hybridized carbons (Fsp3) is 0.500. The molecule has 9 nitrogen and oxygen atoms in total. The van der Waals surface area contributed by atoms with E-state index in [0.717, 1.165) is 24.7 Å². The number of aldehydes is 1. The van der Waals surface area contributed by atoms with Crippen molar-refractivity contribution in [3.05, 3.63) is 71.8 Å². The third kappa shape index (κ3) is 6.52. The van der Waals surface area contributed by atoms with E-state index >= 15 is 0 Å². The summed E-state index contributed by atoms with van der Waals surface area (Å²) >= 11 is 0. The van der Waals surface area contributed by atoms with Crippen molar-refractivity contribution in [3.8, 4) is 11.5 Å². The number of rotatable bonds is 13. The Labute approximate surface area is 257 Å². The molecule has 1 saturated heterocycles. The van der Waals surface area contributed by atoms with Crippen molar-refractivity contribution in [2.75, 3.05) is 19.7 Å². The molecule has 2 fully saturated rings. The second-order valence-electron chi connectivity index (χ2n) is 12.2. The van der Waals surface area contributed by atoms with Crippen LogP contribution in [-0.2, 0) is 21.4 Å². The van der Waals surface area contributed by atoms with Crippen LogP contribution in [0.3, 0.4) is 0 Å². The van der Waals surface area contributed by atoms with Gasteiger partial charge in [-0.15, -0.1) is 6.58 Å². The number of benzene rings is 2. The van der Waals surface area contributed by atoms with E-state index in [0.29, 0.717) is 48.7 Å². The predicted octanol–water partition coefficient (Wildman–Crippen LogP) is 4.87. The molecule has 0 bridgehead atoms. The lowest BCUT2D eigenvalue weighted by molar-refractivity contribution is -0.115. The number of carbonyl (C=O) groups is 1. The number of halogens is 2. The van der Waals surface area contributed by atoms with Gasteiger partial charge < -0.3 is 20.0 Å². The summed E-state index contributed by atoms with van der Waals surface area (Å²) in [7, 11) is -3.75. The minimum Gasteiger partial charge on any atom is -0.489 e. The van der Waals surface area contributed by atoms with Gasteiger partial charge in [-0.05, 0) is 60.9 Å². The first kappa shape index (κ1) is 32.1.